The molecule has 0 radical (unpaired) electrons. The number of carbonyl (C=O) groups is 1. The molecule has 3 rings (SSSR count). The van der Waals surface area contributed by atoms with Gasteiger partial charge in [-0.15, -0.1) is 0 Å². The van der Waals surface area contributed by atoms with Gasteiger partial charge in [0, 0.05) is 17.1 Å². The Labute approximate surface area is 133 Å². The molecular weight excluding hydrogens is 322 g/mol. The molecule has 0 unspecified atom stereocenters. The molecule has 0 N–H and O–H groups in total. The molecular formula is C16H12ClNO3S. The van der Waals surface area contributed by atoms with Crippen molar-refractivity contribution in [3.05, 3.63) is 64.8 Å². The number of fused-ring (bicyclic) bond motifs is 1. The number of carbonyl (C=O) groups excluding carboxylic acids is 1. The number of halogens is 1. The van der Waals surface area contributed by atoms with Crippen LogP contribution in [-0.4, -0.2) is 18.7 Å². The highest BCUT2D eigenvalue weighted by Crippen LogP contribution is 2.28. The third kappa shape index (κ3) is 2.23. The van der Waals surface area contributed by atoms with Gasteiger partial charge in [-0.1, -0.05) is 29.3 Å². The second-order valence-electron chi connectivity index (χ2n) is 4.94. The van der Waals surface area contributed by atoms with E-state index in [2.05, 4.69) is 0 Å². The van der Waals surface area contributed by atoms with Crippen LogP contribution in [0, 0.1) is 6.92 Å². The van der Waals surface area contributed by atoms with E-state index in [1.165, 1.54) is 12.3 Å². The molecule has 6 heteroatoms. The zero-order chi connectivity index (χ0) is 15.9. The second kappa shape index (κ2) is 5.26. The maximum absolute atomic E-state index is 12.7. The topological polar surface area (TPSA) is 56.1 Å². The van der Waals surface area contributed by atoms with E-state index in [9.17, 15) is 13.2 Å². The SMILES string of the molecule is Cc1ccc(S(=O)(=O)n2ccc3c(C=O)c(Cl)ccc32)cc1. The van der Waals surface area contributed by atoms with Crippen molar-refractivity contribution in [1.29, 1.82) is 0 Å². The lowest BCUT2D eigenvalue weighted by atomic mass is 10.1. The van der Waals surface area contributed by atoms with Crippen LogP contribution in [0.2, 0.25) is 5.02 Å². The number of rotatable bonds is 3. The molecule has 0 amide bonds. The lowest BCUT2D eigenvalue weighted by Gasteiger charge is -2.08. The molecule has 0 bridgehead atoms. The summed E-state index contributed by atoms with van der Waals surface area (Å²) in [5, 5.41) is 0.811. The van der Waals surface area contributed by atoms with Gasteiger partial charge in [0.25, 0.3) is 10.0 Å². The van der Waals surface area contributed by atoms with Gasteiger partial charge in [-0.05, 0) is 37.3 Å². The Morgan fingerprint density at radius 3 is 2.36 bits per heavy atom. The maximum atomic E-state index is 12.7. The lowest BCUT2D eigenvalue weighted by Crippen LogP contribution is -2.11. The largest absolute Gasteiger partial charge is 0.298 e. The summed E-state index contributed by atoms with van der Waals surface area (Å²) in [6, 6.07) is 11.3. The molecule has 0 saturated heterocycles. The van der Waals surface area contributed by atoms with Crippen LogP contribution in [0.4, 0.5) is 0 Å². The number of aryl methyl sites for hydroxylation is 1. The van der Waals surface area contributed by atoms with Crippen molar-refractivity contribution < 1.29 is 13.2 Å². The van der Waals surface area contributed by atoms with Crippen molar-refractivity contribution in [2.24, 2.45) is 0 Å². The van der Waals surface area contributed by atoms with Gasteiger partial charge < -0.3 is 0 Å². The molecule has 0 aliphatic carbocycles. The smallest absolute Gasteiger partial charge is 0.268 e. The lowest BCUT2D eigenvalue weighted by molar-refractivity contribution is 0.112. The number of aromatic nitrogens is 1. The molecule has 1 aromatic heterocycles. The standard InChI is InChI=1S/C16H12ClNO3S/c1-11-2-4-12(5-3-11)22(20,21)18-9-8-13-14(10-19)15(17)6-7-16(13)18/h2-10H,1H3. The van der Waals surface area contributed by atoms with Crippen LogP contribution in [-0.2, 0) is 10.0 Å². The van der Waals surface area contributed by atoms with Crippen molar-refractivity contribution in [1.82, 2.24) is 3.97 Å². The molecule has 4 nitrogen and oxygen atoms in total. The van der Waals surface area contributed by atoms with Crippen molar-refractivity contribution in [3.63, 3.8) is 0 Å². The summed E-state index contributed by atoms with van der Waals surface area (Å²) in [6.07, 6.45) is 2.07. The maximum Gasteiger partial charge on any atom is 0.268 e. The Morgan fingerprint density at radius 1 is 1.05 bits per heavy atom. The average molecular weight is 334 g/mol. The van der Waals surface area contributed by atoms with E-state index in [1.54, 1.807) is 36.4 Å². The van der Waals surface area contributed by atoms with Crippen LogP contribution in [0.15, 0.2) is 53.6 Å². The van der Waals surface area contributed by atoms with Gasteiger partial charge >= 0.3 is 0 Å². The average Bonchev–Trinajstić information content (AvgIpc) is 2.92. The summed E-state index contributed by atoms with van der Waals surface area (Å²) in [7, 11) is -3.72. The Kier molecular flexibility index (Phi) is 3.54. The zero-order valence-corrected chi connectivity index (χ0v) is 13.2. The minimum atomic E-state index is -3.72. The van der Waals surface area contributed by atoms with Gasteiger partial charge in [0.1, 0.15) is 0 Å². The summed E-state index contributed by atoms with van der Waals surface area (Å²) in [5.41, 5.74) is 1.69. The molecule has 0 aliphatic rings. The van der Waals surface area contributed by atoms with E-state index in [4.69, 9.17) is 11.6 Å². The van der Waals surface area contributed by atoms with E-state index >= 15 is 0 Å². The third-order valence-corrected chi connectivity index (χ3v) is 5.55. The molecule has 0 fully saturated rings. The number of hydrogen-bond donors (Lipinski definition) is 0. The number of aldehydes is 1. The van der Waals surface area contributed by atoms with Gasteiger partial charge in [-0.2, -0.15) is 0 Å². The highest BCUT2D eigenvalue weighted by atomic mass is 35.5. The zero-order valence-electron chi connectivity index (χ0n) is 11.7. The monoisotopic (exact) mass is 333 g/mol. The van der Waals surface area contributed by atoms with E-state index in [-0.39, 0.29) is 10.5 Å². The van der Waals surface area contributed by atoms with Gasteiger partial charge in [0.2, 0.25) is 0 Å². The van der Waals surface area contributed by atoms with Crippen molar-refractivity contribution in [2.75, 3.05) is 0 Å². The fourth-order valence-corrected chi connectivity index (χ4v) is 3.90. The first kappa shape index (κ1) is 14.8. The van der Waals surface area contributed by atoms with E-state index in [0.717, 1.165) is 9.54 Å². The highest BCUT2D eigenvalue weighted by Gasteiger charge is 2.20. The molecule has 0 saturated carbocycles. The molecule has 2 aromatic carbocycles. The van der Waals surface area contributed by atoms with Crippen LogP contribution in [0.5, 0.6) is 0 Å². The van der Waals surface area contributed by atoms with E-state index in [1.807, 2.05) is 6.92 Å². The van der Waals surface area contributed by atoms with Crippen LogP contribution in [0.1, 0.15) is 15.9 Å². The first-order valence-corrected chi connectivity index (χ1v) is 8.34. The van der Waals surface area contributed by atoms with Gasteiger partial charge in [-0.3, -0.25) is 4.79 Å². The predicted octanol–water partition coefficient (Wildman–Crippen LogP) is 3.65. The molecule has 0 atom stereocenters. The Hall–Kier alpha value is -2.11. The number of hydrogen-bond acceptors (Lipinski definition) is 3. The predicted molar refractivity (Wildman–Crippen MR) is 86.1 cm³/mol. The molecule has 0 aliphatic heterocycles. The van der Waals surface area contributed by atoms with Crippen molar-refractivity contribution in [3.8, 4) is 0 Å². The van der Waals surface area contributed by atoms with Crippen LogP contribution >= 0.6 is 11.6 Å². The quantitative estimate of drug-likeness (QED) is 0.687. The van der Waals surface area contributed by atoms with Crippen LogP contribution in [0.3, 0.4) is 0 Å². The molecule has 0 spiro atoms. The second-order valence-corrected chi connectivity index (χ2v) is 7.16. The molecule has 112 valence electrons. The highest BCUT2D eigenvalue weighted by molar-refractivity contribution is 7.90. The summed E-state index contributed by atoms with van der Waals surface area (Å²) in [5.74, 6) is 0. The minimum absolute atomic E-state index is 0.193. The van der Waals surface area contributed by atoms with Gasteiger partial charge in [0.05, 0.1) is 15.4 Å². The third-order valence-electron chi connectivity index (χ3n) is 3.52. The van der Waals surface area contributed by atoms with Crippen LogP contribution in [0.25, 0.3) is 10.9 Å². The first-order valence-electron chi connectivity index (χ1n) is 6.52. The van der Waals surface area contributed by atoms with Gasteiger partial charge in [-0.25, -0.2) is 12.4 Å². The molecule has 3 aromatic rings. The van der Waals surface area contributed by atoms with E-state index < -0.39 is 10.0 Å². The fourth-order valence-electron chi connectivity index (χ4n) is 2.34. The Morgan fingerprint density at radius 2 is 1.73 bits per heavy atom. The summed E-state index contributed by atoms with van der Waals surface area (Å²) in [4.78, 5) is 11.4. The summed E-state index contributed by atoms with van der Waals surface area (Å²) >= 11 is 5.97. The van der Waals surface area contributed by atoms with Gasteiger partial charge in [0.15, 0.2) is 6.29 Å². The normalized spacial score (nSPS) is 11.7. The first-order chi connectivity index (χ1) is 10.4. The summed E-state index contributed by atoms with van der Waals surface area (Å²) < 4.78 is 26.7. The van der Waals surface area contributed by atoms with Crippen molar-refractivity contribution >= 4 is 38.8 Å². The molecule has 22 heavy (non-hydrogen) atoms. The number of nitrogens with zero attached hydrogens (tertiary/aromatic N) is 1. The molecule has 1 heterocycles. The fraction of sp³-hybridized carbons (Fsp3) is 0.0625. The Bertz CT molecular complexity index is 973. The van der Waals surface area contributed by atoms with E-state index in [0.29, 0.717) is 22.2 Å². The summed E-state index contributed by atoms with van der Waals surface area (Å²) in [6.45, 7) is 1.89. The number of benzene rings is 2. The van der Waals surface area contributed by atoms with Crippen LogP contribution < -0.4 is 0 Å². The minimum Gasteiger partial charge on any atom is -0.298 e. The van der Waals surface area contributed by atoms with Crippen molar-refractivity contribution in [2.45, 2.75) is 11.8 Å². The Balaban J connectivity index is 2.26.